The number of hydrogen-bond acceptors (Lipinski definition) is 1. The number of hydrogen-bond donors (Lipinski definition) is 1. The van der Waals surface area contributed by atoms with Crippen molar-refractivity contribution in [3.05, 3.63) is 47.0 Å². The van der Waals surface area contributed by atoms with E-state index in [1.165, 1.54) is 12.1 Å². The van der Waals surface area contributed by atoms with E-state index >= 15 is 0 Å². The standard InChI is InChI=1S/C14H15FO2/c1-2-3-4-12(14(16)17)8-5-11-6-9-13(15)10-7-11/h5-7,9-10H,2-4H2,1H3,(H,16,17). The fourth-order valence-corrected chi connectivity index (χ4v) is 1.32. The molecule has 0 aliphatic rings. The number of halogens is 1. The number of rotatable bonds is 5. The lowest BCUT2D eigenvalue weighted by atomic mass is 10.1. The first-order valence-electron chi connectivity index (χ1n) is 5.58. The molecule has 0 aliphatic carbocycles. The molecule has 0 aromatic heterocycles. The Bertz CT molecular complexity index is 440. The van der Waals surface area contributed by atoms with Crippen LogP contribution in [0.15, 0.2) is 35.6 Å². The Morgan fingerprint density at radius 1 is 1.41 bits per heavy atom. The zero-order valence-corrected chi connectivity index (χ0v) is 9.74. The molecule has 0 saturated heterocycles. The Morgan fingerprint density at radius 2 is 2.06 bits per heavy atom. The van der Waals surface area contributed by atoms with Crippen molar-refractivity contribution in [2.45, 2.75) is 26.2 Å². The van der Waals surface area contributed by atoms with Crippen molar-refractivity contribution >= 4 is 12.0 Å². The van der Waals surface area contributed by atoms with Gasteiger partial charge in [0.25, 0.3) is 0 Å². The molecule has 0 atom stereocenters. The molecule has 0 fully saturated rings. The average molecular weight is 234 g/mol. The normalized spacial score (nSPS) is 9.53. The molecule has 17 heavy (non-hydrogen) atoms. The van der Waals surface area contributed by atoms with Crippen LogP contribution in [0.1, 0.15) is 31.7 Å². The van der Waals surface area contributed by atoms with Gasteiger partial charge in [0.05, 0.1) is 5.57 Å². The summed E-state index contributed by atoms with van der Waals surface area (Å²) in [6, 6.07) is 5.84. The molecule has 0 radical (unpaired) electrons. The minimum absolute atomic E-state index is 0.260. The second kappa shape index (κ2) is 6.66. The van der Waals surface area contributed by atoms with Crippen LogP contribution in [0.5, 0.6) is 0 Å². The molecule has 3 heteroatoms. The van der Waals surface area contributed by atoms with Crippen LogP contribution in [0.4, 0.5) is 4.39 Å². The highest BCUT2D eigenvalue weighted by atomic mass is 19.1. The van der Waals surface area contributed by atoms with Gasteiger partial charge in [-0.3, -0.25) is 0 Å². The Balaban J connectivity index is 2.88. The predicted octanol–water partition coefficient (Wildman–Crippen LogP) is 3.64. The third kappa shape index (κ3) is 4.66. The summed E-state index contributed by atoms with van der Waals surface area (Å²) in [6.07, 6.45) is 3.84. The van der Waals surface area contributed by atoms with Gasteiger partial charge in [0.1, 0.15) is 5.82 Å². The topological polar surface area (TPSA) is 37.3 Å². The van der Waals surface area contributed by atoms with Crippen LogP contribution in [0.3, 0.4) is 0 Å². The summed E-state index contributed by atoms with van der Waals surface area (Å²) in [5.41, 5.74) is 3.76. The molecule has 1 aromatic rings. The molecule has 0 aliphatic heterocycles. The highest BCUT2D eigenvalue weighted by Crippen LogP contribution is 2.08. The molecule has 90 valence electrons. The Kier molecular flexibility index (Phi) is 5.18. The van der Waals surface area contributed by atoms with Crippen LogP contribution in [-0.4, -0.2) is 11.1 Å². The van der Waals surface area contributed by atoms with Crippen molar-refractivity contribution in [2.75, 3.05) is 0 Å². The summed E-state index contributed by atoms with van der Waals surface area (Å²) in [7, 11) is 0. The van der Waals surface area contributed by atoms with Gasteiger partial charge >= 0.3 is 5.97 Å². The first-order chi connectivity index (χ1) is 8.13. The minimum atomic E-state index is -0.947. The van der Waals surface area contributed by atoms with E-state index in [-0.39, 0.29) is 11.4 Å². The number of carboxylic acid groups (broad SMARTS) is 1. The molecular weight excluding hydrogens is 219 g/mol. The smallest absolute Gasteiger partial charge is 0.339 e. The lowest BCUT2D eigenvalue weighted by Crippen LogP contribution is -1.98. The highest BCUT2D eigenvalue weighted by Gasteiger charge is 2.04. The monoisotopic (exact) mass is 234 g/mol. The van der Waals surface area contributed by atoms with Crippen LogP contribution in [0.25, 0.3) is 6.08 Å². The van der Waals surface area contributed by atoms with Gasteiger partial charge in [-0.15, -0.1) is 5.73 Å². The second-order valence-corrected chi connectivity index (χ2v) is 3.73. The first-order valence-corrected chi connectivity index (χ1v) is 5.58. The molecule has 0 spiro atoms. The third-order valence-electron chi connectivity index (χ3n) is 2.32. The fourth-order valence-electron chi connectivity index (χ4n) is 1.32. The van der Waals surface area contributed by atoms with Gasteiger partial charge in [0.2, 0.25) is 0 Å². The van der Waals surface area contributed by atoms with Crippen molar-refractivity contribution in [3.8, 4) is 0 Å². The van der Waals surface area contributed by atoms with Gasteiger partial charge in [-0.2, -0.15) is 0 Å². The van der Waals surface area contributed by atoms with Crippen LogP contribution >= 0.6 is 0 Å². The van der Waals surface area contributed by atoms with Gasteiger partial charge in [0.15, 0.2) is 0 Å². The van der Waals surface area contributed by atoms with Crippen LogP contribution in [0.2, 0.25) is 0 Å². The van der Waals surface area contributed by atoms with E-state index in [1.807, 2.05) is 6.92 Å². The molecule has 0 amide bonds. The van der Waals surface area contributed by atoms with Gasteiger partial charge in [-0.25, -0.2) is 9.18 Å². The van der Waals surface area contributed by atoms with Crippen LogP contribution < -0.4 is 0 Å². The molecule has 2 nitrogen and oxygen atoms in total. The summed E-state index contributed by atoms with van der Waals surface area (Å²) < 4.78 is 12.6. The summed E-state index contributed by atoms with van der Waals surface area (Å²) >= 11 is 0. The van der Waals surface area contributed by atoms with Crippen molar-refractivity contribution in [1.82, 2.24) is 0 Å². The highest BCUT2D eigenvalue weighted by molar-refractivity contribution is 5.87. The van der Waals surface area contributed by atoms with Crippen molar-refractivity contribution in [2.24, 2.45) is 0 Å². The lowest BCUT2D eigenvalue weighted by molar-refractivity contribution is -0.132. The fraction of sp³-hybridized carbons (Fsp3) is 0.286. The van der Waals surface area contributed by atoms with Gasteiger partial charge in [-0.05, 0) is 36.6 Å². The minimum Gasteiger partial charge on any atom is -0.477 e. The molecule has 0 unspecified atom stereocenters. The second-order valence-electron chi connectivity index (χ2n) is 3.73. The number of unbranched alkanes of at least 4 members (excludes halogenated alkanes) is 1. The molecule has 0 heterocycles. The SMILES string of the molecule is CCCCC(=C=Cc1ccc(F)cc1)C(=O)O. The van der Waals surface area contributed by atoms with E-state index in [0.717, 1.165) is 18.4 Å². The maximum atomic E-state index is 12.6. The summed E-state index contributed by atoms with van der Waals surface area (Å²) in [4.78, 5) is 10.9. The number of benzene rings is 1. The summed E-state index contributed by atoms with van der Waals surface area (Å²) in [5.74, 6) is -1.26. The molecule has 1 aromatic carbocycles. The first kappa shape index (κ1) is 13.2. The Morgan fingerprint density at radius 3 is 2.59 bits per heavy atom. The predicted molar refractivity (Wildman–Crippen MR) is 65.1 cm³/mol. The molecule has 1 N–H and O–H groups in total. The van der Waals surface area contributed by atoms with E-state index < -0.39 is 5.97 Å². The third-order valence-corrected chi connectivity index (χ3v) is 2.32. The van der Waals surface area contributed by atoms with Gasteiger partial charge < -0.3 is 5.11 Å². The largest absolute Gasteiger partial charge is 0.477 e. The van der Waals surface area contributed by atoms with E-state index in [2.05, 4.69) is 5.73 Å². The van der Waals surface area contributed by atoms with Crippen molar-refractivity contribution in [3.63, 3.8) is 0 Å². The molecule has 0 bridgehead atoms. The molecule has 1 rings (SSSR count). The Hall–Kier alpha value is -1.86. The van der Waals surface area contributed by atoms with Crippen LogP contribution in [-0.2, 0) is 4.79 Å². The Labute approximate surface area is 100 Å². The lowest BCUT2D eigenvalue weighted by Gasteiger charge is -1.96. The van der Waals surface area contributed by atoms with Gasteiger partial charge in [-0.1, -0.05) is 25.5 Å². The summed E-state index contributed by atoms with van der Waals surface area (Å²) in [5, 5.41) is 8.94. The maximum Gasteiger partial charge on any atom is 0.339 e. The quantitative estimate of drug-likeness (QED) is 0.623. The van der Waals surface area contributed by atoms with Crippen molar-refractivity contribution in [1.29, 1.82) is 0 Å². The van der Waals surface area contributed by atoms with Crippen LogP contribution in [0, 0.1) is 5.82 Å². The van der Waals surface area contributed by atoms with E-state index in [9.17, 15) is 9.18 Å². The molecule has 0 saturated carbocycles. The number of aliphatic carboxylic acids is 1. The number of carboxylic acids is 1. The van der Waals surface area contributed by atoms with E-state index in [0.29, 0.717) is 6.42 Å². The van der Waals surface area contributed by atoms with E-state index in [4.69, 9.17) is 5.11 Å². The van der Waals surface area contributed by atoms with E-state index in [1.54, 1.807) is 18.2 Å². The zero-order valence-electron chi connectivity index (χ0n) is 9.74. The molecular formula is C14H15FO2. The van der Waals surface area contributed by atoms with Crippen molar-refractivity contribution < 1.29 is 14.3 Å². The maximum absolute atomic E-state index is 12.6. The number of carbonyl (C=O) groups is 1. The zero-order chi connectivity index (χ0) is 12.7. The summed E-state index contributed by atoms with van der Waals surface area (Å²) in [6.45, 7) is 2.00. The average Bonchev–Trinajstić information content (AvgIpc) is 2.31. The van der Waals surface area contributed by atoms with Gasteiger partial charge in [0, 0.05) is 0 Å².